The van der Waals surface area contributed by atoms with Crippen molar-refractivity contribution in [1.29, 1.82) is 0 Å². The lowest BCUT2D eigenvalue weighted by atomic mass is 9.91. The van der Waals surface area contributed by atoms with Crippen LogP contribution in [-0.2, 0) is 6.42 Å². The summed E-state index contributed by atoms with van der Waals surface area (Å²) in [6.07, 6.45) is 5.71. The van der Waals surface area contributed by atoms with Gasteiger partial charge in [-0.15, -0.1) is 0 Å². The van der Waals surface area contributed by atoms with Crippen LogP contribution >= 0.6 is 11.6 Å². The standard InChI is InChI=1S/C13H21ClN2/c1-4-11(10(3)16-5-2)8-12-6-7-15-9-13(12)14/h6-7,9-11,16H,4-5,8H2,1-3H3. The largest absolute Gasteiger partial charge is 0.314 e. The molecule has 0 aromatic carbocycles. The van der Waals surface area contributed by atoms with Crippen LogP contribution in [0, 0.1) is 5.92 Å². The normalized spacial score (nSPS) is 14.8. The maximum absolute atomic E-state index is 6.12. The fraction of sp³-hybridized carbons (Fsp3) is 0.615. The summed E-state index contributed by atoms with van der Waals surface area (Å²) in [4.78, 5) is 4.01. The lowest BCUT2D eigenvalue weighted by Gasteiger charge is -2.23. The van der Waals surface area contributed by atoms with Gasteiger partial charge in [0.2, 0.25) is 0 Å². The molecule has 0 radical (unpaired) electrons. The van der Waals surface area contributed by atoms with Crippen LogP contribution in [0.2, 0.25) is 5.02 Å². The molecule has 0 saturated heterocycles. The van der Waals surface area contributed by atoms with E-state index >= 15 is 0 Å². The molecule has 1 aromatic rings. The first-order chi connectivity index (χ1) is 7.69. The Labute approximate surface area is 103 Å². The molecular weight excluding hydrogens is 220 g/mol. The van der Waals surface area contributed by atoms with Crippen molar-refractivity contribution in [2.24, 2.45) is 5.92 Å². The second-order valence-electron chi connectivity index (χ2n) is 4.19. The van der Waals surface area contributed by atoms with Crippen LogP contribution in [-0.4, -0.2) is 17.6 Å². The number of halogens is 1. The minimum atomic E-state index is 0.527. The van der Waals surface area contributed by atoms with Gasteiger partial charge in [-0.2, -0.15) is 0 Å². The predicted molar refractivity (Wildman–Crippen MR) is 69.9 cm³/mol. The first-order valence-electron chi connectivity index (χ1n) is 6.00. The summed E-state index contributed by atoms with van der Waals surface area (Å²) in [7, 11) is 0. The van der Waals surface area contributed by atoms with Gasteiger partial charge in [0.1, 0.15) is 0 Å². The average Bonchev–Trinajstić information content (AvgIpc) is 2.28. The van der Waals surface area contributed by atoms with E-state index in [-0.39, 0.29) is 0 Å². The molecule has 0 spiro atoms. The third kappa shape index (κ3) is 3.76. The molecule has 1 aromatic heterocycles. The van der Waals surface area contributed by atoms with Gasteiger partial charge in [0.05, 0.1) is 5.02 Å². The topological polar surface area (TPSA) is 24.9 Å². The van der Waals surface area contributed by atoms with E-state index in [0.717, 1.165) is 24.4 Å². The van der Waals surface area contributed by atoms with Gasteiger partial charge in [0.25, 0.3) is 0 Å². The smallest absolute Gasteiger partial charge is 0.0621 e. The van der Waals surface area contributed by atoms with Crippen LogP contribution in [0.15, 0.2) is 18.5 Å². The van der Waals surface area contributed by atoms with E-state index in [1.54, 1.807) is 6.20 Å². The highest BCUT2D eigenvalue weighted by atomic mass is 35.5. The molecule has 1 rings (SSSR count). The van der Waals surface area contributed by atoms with Gasteiger partial charge in [-0.25, -0.2) is 0 Å². The highest BCUT2D eigenvalue weighted by molar-refractivity contribution is 6.31. The Bertz CT molecular complexity index is 315. The first-order valence-corrected chi connectivity index (χ1v) is 6.38. The Kier molecular flexibility index (Phi) is 5.78. The Balaban J connectivity index is 2.66. The molecule has 1 N–H and O–H groups in total. The molecule has 16 heavy (non-hydrogen) atoms. The van der Waals surface area contributed by atoms with Crippen LogP contribution in [0.4, 0.5) is 0 Å². The molecule has 0 amide bonds. The third-order valence-electron chi connectivity index (χ3n) is 3.10. The van der Waals surface area contributed by atoms with Gasteiger partial charge in [-0.05, 0) is 37.4 Å². The van der Waals surface area contributed by atoms with E-state index in [2.05, 4.69) is 31.1 Å². The molecule has 0 saturated carbocycles. The lowest BCUT2D eigenvalue weighted by molar-refractivity contribution is 0.368. The predicted octanol–water partition coefficient (Wildman–Crippen LogP) is 3.30. The van der Waals surface area contributed by atoms with Crippen LogP contribution in [0.25, 0.3) is 0 Å². The van der Waals surface area contributed by atoms with E-state index < -0.39 is 0 Å². The third-order valence-corrected chi connectivity index (χ3v) is 3.44. The average molecular weight is 241 g/mol. The molecule has 0 aliphatic heterocycles. The van der Waals surface area contributed by atoms with Gasteiger partial charge >= 0.3 is 0 Å². The lowest BCUT2D eigenvalue weighted by Crippen LogP contribution is -2.34. The zero-order valence-electron chi connectivity index (χ0n) is 10.3. The minimum absolute atomic E-state index is 0.527. The number of nitrogens with one attached hydrogen (secondary N) is 1. The van der Waals surface area contributed by atoms with E-state index in [9.17, 15) is 0 Å². The molecule has 2 nitrogen and oxygen atoms in total. The van der Waals surface area contributed by atoms with Crippen molar-refractivity contribution >= 4 is 11.6 Å². The zero-order valence-corrected chi connectivity index (χ0v) is 11.1. The maximum atomic E-state index is 6.12. The summed E-state index contributed by atoms with van der Waals surface area (Å²) in [6, 6.07) is 2.54. The van der Waals surface area contributed by atoms with Crippen LogP contribution in [0.1, 0.15) is 32.8 Å². The molecule has 2 atom stereocenters. The van der Waals surface area contributed by atoms with Crippen molar-refractivity contribution in [2.75, 3.05) is 6.54 Å². The molecule has 2 unspecified atom stereocenters. The molecule has 0 bridgehead atoms. The SMILES string of the molecule is CCNC(C)C(CC)Cc1ccncc1Cl. The molecule has 0 fully saturated rings. The molecule has 0 aliphatic rings. The van der Waals surface area contributed by atoms with Gasteiger partial charge in [-0.1, -0.05) is 31.9 Å². The van der Waals surface area contributed by atoms with Crippen molar-refractivity contribution in [1.82, 2.24) is 10.3 Å². The van der Waals surface area contributed by atoms with Gasteiger partial charge in [0.15, 0.2) is 0 Å². The summed E-state index contributed by atoms with van der Waals surface area (Å²) in [5, 5.41) is 4.26. The fourth-order valence-electron chi connectivity index (χ4n) is 2.02. The zero-order chi connectivity index (χ0) is 12.0. The molecule has 1 heterocycles. The summed E-state index contributed by atoms with van der Waals surface area (Å²) >= 11 is 6.12. The summed E-state index contributed by atoms with van der Waals surface area (Å²) in [6.45, 7) is 7.63. The van der Waals surface area contributed by atoms with E-state index in [0.29, 0.717) is 12.0 Å². The number of pyridine rings is 1. The Morgan fingerprint density at radius 2 is 2.19 bits per heavy atom. The highest BCUT2D eigenvalue weighted by Crippen LogP contribution is 2.21. The summed E-state index contributed by atoms with van der Waals surface area (Å²) in [5.41, 5.74) is 1.20. The van der Waals surface area contributed by atoms with Crippen LogP contribution in [0.5, 0.6) is 0 Å². The Morgan fingerprint density at radius 1 is 1.44 bits per heavy atom. The van der Waals surface area contributed by atoms with Gasteiger partial charge in [-0.3, -0.25) is 4.98 Å². The number of aromatic nitrogens is 1. The second kappa shape index (κ2) is 6.87. The first kappa shape index (κ1) is 13.5. The number of nitrogens with zero attached hydrogens (tertiary/aromatic N) is 1. The van der Waals surface area contributed by atoms with Crippen LogP contribution in [0.3, 0.4) is 0 Å². The van der Waals surface area contributed by atoms with Gasteiger partial charge < -0.3 is 5.32 Å². The van der Waals surface area contributed by atoms with E-state index in [1.807, 2.05) is 12.3 Å². The molecule has 0 aliphatic carbocycles. The van der Waals surface area contributed by atoms with Crippen LogP contribution < -0.4 is 5.32 Å². The summed E-state index contributed by atoms with van der Waals surface area (Å²) in [5.74, 6) is 0.625. The maximum Gasteiger partial charge on any atom is 0.0621 e. The molecule has 90 valence electrons. The van der Waals surface area contributed by atoms with Gasteiger partial charge in [0, 0.05) is 18.4 Å². The van der Waals surface area contributed by atoms with E-state index in [4.69, 9.17) is 11.6 Å². The minimum Gasteiger partial charge on any atom is -0.314 e. The van der Waals surface area contributed by atoms with Crippen molar-refractivity contribution in [3.63, 3.8) is 0 Å². The second-order valence-corrected chi connectivity index (χ2v) is 4.59. The Morgan fingerprint density at radius 3 is 2.75 bits per heavy atom. The van der Waals surface area contributed by atoms with Crippen molar-refractivity contribution < 1.29 is 0 Å². The fourth-order valence-corrected chi connectivity index (χ4v) is 2.21. The van der Waals surface area contributed by atoms with Crippen molar-refractivity contribution in [2.45, 2.75) is 39.7 Å². The number of hydrogen-bond acceptors (Lipinski definition) is 2. The quantitative estimate of drug-likeness (QED) is 0.825. The highest BCUT2D eigenvalue weighted by Gasteiger charge is 2.16. The van der Waals surface area contributed by atoms with E-state index in [1.165, 1.54) is 5.56 Å². The number of hydrogen-bond donors (Lipinski definition) is 1. The monoisotopic (exact) mass is 240 g/mol. The summed E-state index contributed by atoms with van der Waals surface area (Å²) < 4.78 is 0. The van der Waals surface area contributed by atoms with Crippen molar-refractivity contribution in [3.8, 4) is 0 Å². The number of rotatable bonds is 6. The Hall–Kier alpha value is -0.600. The molecule has 3 heteroatoms. The molecular formula is C13H21ClN2. The van der Waals surface area contributed by atoms with Crippen molar-refractivity contribution in [3.05, 3.63) is 29.0 Å².